The van der Waals surface area contributed by atoms with Crippen LogP contribution in [0.4, 0.5) is 5.69 Å². The summed E-state index contributed by atoms with van der Waals surface area (Å²) in [4.78, 5) is 12.8. The van der Waals surface area contributed by atoms with Crippen LogP contribution in [0.25, 0.3) is 0 Å². The Balaban J connectivity index is 1.84. The number of amides is 1. The van der Waals surface area contributed by atoms with E-state index in [1.165, 1.54) is 24.4 Å². The predicted molar refractivity (Wildman–Crippen MR) is 132 cm³/mol. The molecular weight excluding hydrogens is 454 g/mol. The van der Waals surface area contributed by atoms with Crippen molar-refractivity contribution < 1.29 is 23.1 Å². The average Bonchev–Trinajstić information content (AvgIpc) is 2.82. The molecule has 0 unspecified atom stereocenters. The van der Waals surface area contributed by atoms with Crippen LogP contribution in [0.3, 0.4) is 0 Å². The van der Waals surface area contributed by atoms with E-state index in [2.05, 4.69) is 10.5 Å². The zero-order valence-electron chi connectivity index (χ0n) is 19.2. The van der Waals surface area contributed by atoms with Gasteiger partial charge in [0.15, 0.2) is 11.5 Å². The molecule has 2 N–H and O–H groups in total. The lowest BCUT2D eigenvalue weighted by molar-refractivity contribution is -0.119. The summed E-state index contributed by atoms with van der Waals surface area (Å²) in [7, 11) is -4.01. The Kier molecular flexibility index (Phi) is 7.91. The van der Waals surface area contributed by atoms with E-state index >= 15 is 0 Å². The van der Waals surface area contributed by atoms with Crippen LogP contribution < -0.4 is 14.5 Å². The number of nitrogens with one attached hydrogen (secondary N) is 1. The van der Waals surface area contributed by atoms with E-state index in [0.717, 1.165) is 9.87 Å². The van der Waals surface area contributed by atoms with Crippen LogP contribution in [0.1, 0.15) is 23.6 Å². The molecule has 0 aliphatic heterocycles. The molecule has 178 valence electrons. The molecule has 1 amide bonds. The summed E-state index contributed by atoms with van der Waals surface area (Å²) in [5.74, 6) is -0.313. The Hall–Kier alpha value is -3.85. The van der Waals surface area contributed by atoms with Crippen LogP contribution in [0, 0.1) is 13.8 Å². The average molecular weight is 482 g/mol. The first-order valence-corrected chi connectivity index (χ1v) is 12.1. The number of nitrogens with zero attached hydrogens (tertiary/aromatic N) is 2. The van der Waals surface area contributed by atoms with Crippen molar-refractivity contribution in [1.29, 1.82) is 0 Å². The van der Waals surface area contributed by atoms with Crippen molar-refractivity contribution in [1.82, 2.24) is 5.43 Å². The predicted octanol–water partition coefficient (Wildman–Crippen LogP) is 3.75. The largest absolute Gasteiger partial charge is 0.504 e. The number of phenols is 1. The van der Waals surface area contributed by atoms with Gasteiger partial charge in [0, 0.05) is 0 Å². The maximum Gasteiger partial charge on any atom is 0.264 e. The molecule has 0 aliphatic rings. The van der Waals surface area contributed by atoms with Crippen LogP contribution in [-0.4, -0.2) is 38.8 Å². The van der Waals surface area contributed by atoms with Crippen molar-refractivity contribution in [3.05, 3.63) is 83.4 Å². The number of aromatic hydroxyl groups is 1. The standard InChI is InChI=1S/C25H27N3O5S/c1-4-33-24-15-20(12-13-23(24)29)16-26-27-25(30)17-28(22-14-18(2)10-11-19(22)3)34(31,32)21-8-6-5-7-9-21/h5-16,29H,4,17H2,1-3H3,(H,27,30)/b26-16-. The number of rotatable bonds is 9. The number of sulfonamides is 1. The zero-order valence-corrected chi connectivity index (χ0v) is 20.0. The van der Waals surface area contributed by atoms with Gasteiger partial charge < -0.3 is 9.84 Å². The SMILES string of the molecule is CCOc1cc(/C=N\NC(=O)CN(c2cc(C)ccc2C)S(=O)(=O)c2ccccc2)ccc1O. The molecule has 8 nitrogen and oxygen atoms in total. The molecule has 9 heteroatoms. The molecule has 34 heavy (non-hydrogen) atoms. The van der Waals surface area contributed by atoms with Crippen molar-refractivity contribution in [2.45, 2.75) is 25.7 Å². The molecule has 3 aromatic rings. The van der Waals surface area contributed by atoms with E-state index in [9.17, 15) is 18.3 Å². The highest BCUT2D eigenvalue weighted by Gasteiger charge is 2.28. The highest BCUT2D eigenvalue weighted by atomic mass is 32.2. The summed E-state index contributed by atoms with van der Waals surface area (Å²) < 4.78 is 33.3. The van der Waals surface area contributed by atoms with Gasteiger partial charge in [-0.1, -0.05) is 30.3 Å². The van der Waals surface area contributed by atoms with E-state index in [-0.39, 0.29) is 10.6 Å². The molecule has 0 radical (unpaired) electrons. The number of aryl methyl sites for hydroxylation is 2. The number of benzene rings is 3. The van der Waals surface area contributed by atoms with Gasteiger partial charge in [-0.05, 0) is 73.9 Å². The number of anilines is 1. The normalized spacial score (nSPS) is 11.4. The van der Waals surface area contributed by atoms with Gasteiger partial charge in [-0.15, -0.1) is 0 Å². The number of phenolic OH excluding ortho intramolecular Hbond substituents is 1. The fraction of sp³-hybridized carbons (Fsp3) is 0.200. The molecule has 0 heterocycles. The van der Waals surface area contributed by atoms with E-state index < -0.39 is 22.5 Å². The Morgan fingerprint density at radius 1 is 1.09 bits per heavy atom. The lowest BCUT2D eigenvalue weighted by atomic mass is 10.1. The van der Waals surface area contributed by atoms with Gasteiger partial charge in [-0.3, -0.25) is 9.10 Å². The first-order chi connectivity index (χ1) is 16.2. The maximum atomic E-state index is 13.4. The summed E-state index contributed by atoms with van der Waals surface area (Å²) in [5, 5.41) is 13.7. The molecule has 3 aromatic carbocycles. The van der Waals surface area contributed by atoms with Gasteiger partial charge in [0.1, 0.15) is 6.54 Å². The Morgan fingerprint density at radius 3 is 2.53 bits per heavy atom. The first kappa shape index (κ1) is 24.8. The van der Waals surface area contributed by atoms with Gasteiger partial charge in [-0.25, -0.2) is 13.8 Å². The van der Waals surface area contributed by atoms with Crippen molar-refractivity contribution >= 4 is 27.8 Å². The summed E-state index contributed by atoms with van der Waals surface area (Å²) >= 11 is 0. The quantitative estimate of drug-likeness (QED) is 0.357. The lowest BCUT2D eigenvalue weighted by Gasteiger charge is -2.25. The first-order valence-electron chi connectivity index (χ1n) is 10.6. The van der Waals surface area contributed by atoms with Gasteiger partial charge >= 0.3 is 0 Å². The highest BCUT2D eigenvalue weighted by molar-refractivity contribution is 7.92. The molecule has 0 spiro atoms. The van der Waals surface area contributed by atoms with Crippen LogP contribution in [0.2, 0.25) is 0 Å². The lowest BCUT2D eigenvalue weighted by Crippen LogP contribution is -2.40. The highest BCUT2D eigenvalue weighted by Crippen LogP contribution is 2.28. The van der Waals surface area contributed by atoms with Gasteiger partial charge in [0.2, 0.25) is 0 Å². The maximum absolute atomic E-state index is 13.4. The molecule has 0 aliphatic carbocycles. The summed E-state index contributed by atoms with van der Waals surface area (Å²) in [5.41, 5.74) is 4.97. The number of carbonyl (C=O) groups excluding carboxylic acids is 1. The smallest absolute Gasteiger partial charge is 0.264 e. The summed E-state index contributed by atoms with van der Waals surface area (Å²) in [6.45, 7) is 5.37. The zero-order chi connectivity index (χ0) is 24.7. The third-order valence-corrected chi connectivity index (χ3v) is 6.71. The van der Waals surface area contributed by atoms with Crippen LogP contribution >= 0.6 is 0 Å². The van der Waals surface area contributed by atoms with Crippen molar-refractivity contribution in [2.75, 3.05) is 17.5 Å². The number of ether oxygens (including phenoxy) is 1. The Labute approximate surface area is 199 Å². The van der Waals surface area contributed by atoms with E-state index in [1.807, 2.05) is 19.1 Å². The molecule has 0 bridgehead atoms. The second-order valence-electron chi connectivity index (χ2n) is 7.57. The molecular formula is C25H27N3O5S. The van der Waals surface area contributed by atoms with Crippen LogP contribution in [-0.2, 0) is 14.8 Å². The monoisotopic (exact) mass is 481 g/mol. The van der Waals surface area contributed by atoms with E-state index in [4.69, 9.17) is 4.74 Å². The van der Waals surface area contributed by atoms with Gasteiger partial charge in [0.05, 0.1) is 23.4 Å². The van der Waals surface area contributed by atoms with Crippen molar-refractivity contribution in [2.24, 2.45) is 5.10 Å². The Bertz CT molecular complexity index is 1290. The molecule has 0 saturated heterocycles. The third-order valence-electron chi connectivity index (χ3n) is 4.94. The number of hydrogen-bond acceptors (Lipinski definition) is 6. The number of carbonyl (C=O) groups is 1. The van der Waals surface area contributed by atoms with Crippen LogP contribution in [0.5, 0.6) is 11.5 Å². The molecule has 0 fully saturated rings. The molecule has 0 aromatic heterocycles. The molecule has 0 saturated carbocycles. The summed E-state index contributed by atoms with van der Waals surface area (Å²) in [6, 6.07) is 18.0. The van der Waals surface area contributed by atoms with Gasteiger partial charge in [-0.2, -0.15) is 5.10 Å². The third kappa shape index (κ3) is 5.93. The minimum atomic E-state index is -4.01. The number of hydrogen-bond donors (Lipinski definition) is 2. The minimum absolute atomic E-state index is 0.00156. The fourth-order valence-corrected chi connectivity index (χ4v) is 4.73. The van der Waals surface area contributed by atoms with Crippen molar-refractivity contribution in [3.63, 3.8) is 0 Å². The summed E-state index contributed by atoms with van der Waals surface area (Å²) in [6.07, 6.45) is 1.38. The van der Waals surface area contributed by atoms with Crippen LogP contribution in [0.15, 0.2) is 76.7 Å². The molecule has 3 rings (SSSR count). The molecule has 0 atom stereocenters. The van der Waals surface area contributed by atoms with Crippen molar-refractivity contribution in [3.8, 4) is 11.5 Å². The Morgan fingerprint density at radius 2 is 1.82 bits per heavy atom. The van der Waals surface area contributed by atoms with Gasteiger partial charge in [0.25, 0.3) is 15.9 Å². The van der Waals surface area contributed by atoms with E-state index in [1.54, 1.807) is 50.2 Å². The second-order valence-corrected chi connectivity index (χ2v) is 9.43. The second kappa shape index (κ2) is 10.8. The number of hydrazone groups is 1. The van der Waals surface area contributed by atoms with E-state index in [0.29, 0.717) is 29.2 Å². The topological polar surface area (TPSA) is 108 Å². The minimum Gasteiger partial charge on any atom is -0.504 e. The fourth-order valence-electron chi connectivity index (χ4n) is 3.23.